The topological polar surface area (TPSA) is 68.5 Å². The number of esters is 1. The van der Waals surface area contributed by atoms with Crippen molar-refractivity contribution in [3.8, 4) is 11.8 Å². The molecule has 1 heterocycles. The van der Waals surface area contributed by atoms with E-state index in [-0.39, 0.29) is 24.9 Å². The zero-order valence-corrected chi connectivity index (χ0v) is 17.4. The molecule has 7 heteroatoms. The van der Waals surface area contributed by atoms with Crippen LogP contribution in [0.5, 0.6) is 5.75 Å². The molecule has 0 bridgehead atoms. The molecule has 31 heavy (non-hydrogen) atoms. The molecule has 0 unspecified atom stereocenters. The van der Waals surface area contributed by atoms with Crippen LogP contribution >= 0.6 is 0 Å². The van der Waals surface area contributed by atoms with Crippen molar-refractivity contribution in [3.05, 3.63) is 54.1 Å². The molecule has 0 spiro atoms. The fraction of sp³-hybridized carbons (Fsp3) is 0.500. The monoisotopic (exact) mass is 431 g/mol. The number of benzene rings is 1. The Bertz CT molecular complexity index is 825. The maximum atomic E-state index is 13.6. The van der Waals surface area contributed by atoms with Gasteiger partial charge in [0.25, 0.3) is 6.29 Å². The second-order valence-corrected chi connectivity index (χ2v) is 8.08. The van der Waals surface area contributed by atoms with E-state index in [0.29, 0.717) is 5.92 Å². The first-order chi connectivity index (χ1) is 15.0. The first kappa shape index (κ1) is 23.1. The van der Waals surface area contributed by atoms with Crippen molar-refractivity contribution in [2.75, 3.05) is 13.2 Å². The lowest BCUT2D eigenvalue weighted by molar-refractivity contribution is -0.210. The molecule has 2 fully saturated rings. The van der Waals surface area contributed by atoms with Gasteiger partial charge in [0.1, 0.15) is 29.0 Å². The summed E-state index contributed by atoms with van der Waals surface area (Å²) in [7, 11) is 0. The second-order valence-electron chi connectivity index (χ2n) is 8.08. The minimum atomic E-state index is -1.26. The van der Waals surface area contributed by atoms with Gasteiger partial charge in [-0.25, -0.2) is 13.6 Å². The largest absolute Gasteiger partial charge is 0.423 e. The SMILES string of the molecule is C=CC1CCC(CC/C=C/C2COC(C(=O)Oc3cc(F)c(C#N)c(F)c3)OC2)CC1. The first-order valence-electron chi connectivity index (χ1n) is 10.6. The van der Waals surface area contributed by atoms with Gasteiger partial charge >= 0.3 is 5.97 Å². The normalized spacial score (nSPS) is 26.4. The third-order valence-corrected chi connectivity index (χ3v) is 5.84. The van der Waals surface area contributed by atoms with Gasteiger partial charge < -0.3 is 14.2 Å². The van der Waals surface area contributed by atoms with Gasteiger partial charge in [0.2, 0.25) is 0 Å². The summed E-state index contributed by atoms with van der Waals surface area (Å²) in [5, 5.41) is 8.68. The minimum Gasteiger partial charge on any atom is -0.423 e. The lowest BCUT2D eigenvalue weighted by Crippen LogP contribution is -2.39. The number of allylic oxidation sites excluding steroid dienone is 2. The predicted octanol–water partition coefficient (Wildman–Crippen LogP) is 5.06. The van der Waals surface area contributed by atoms with Gasteiger partial charge in [0.15, 0.2) is 0 Å². The Morgan fingerprint density at radius 2 is 1.81 bits per heavy atom. The van der Waals surface area contributed by atoms with Crippen molar-refractivity contribution in [1.82, 2.24) is 0 Å². The predicted molar refractivity (Wildman–Crippen MR) is 110 cm³/mol. The molecule has 0 amide bonds. The van der Waals surface area contributed by atoms with Crippen LogP contribution in [0.1, 0.15) is 44.1 Å². The number of rotatable bonds is 7. The minimum absolute atomic E-state index is 0.0327. The first-order valence-corrected chi connectivity index (χ1v) is 10.6. The van der Waals surface area contributed by atoms with Crippen LogP contribution in [0.15, 0.2) is 36.9 Å². The number of halogens is 2. The fourth-order valence-corrected chi connectivity index (χ4v) is 3.98. The molecule has 0 radical (unpaired) electrons. The molecule has 1 aromatic carbocycles. The second kappa shape index (κ2) is 11.2. The summed E-state index contributed by atoms with van der Waals surface area (Å²) in [6.45, 7) is 4.46. The Kier molecular flexibility index (Phi) is 8.33. The van der Waals surface area contributed by atoms with E-state index in [1.54, 1.807) is 0 Å². The van der Waals surface area contributed by atoms with Crippen molar-refractivity contribution < 1.29 is 27.8 Å². The van der Waals surface area contributed by atoms with Crippen molar-refractivity contribution in [2.24, 2.45) is 17.8 Å². The summed E-state index contributed by atoms with van der Waals surface area (Å²) in [5.74, 6) is -1.97. The van der Waals surface area contributed by atoms with Crippen LogP contribution in [-0.4, -0.2) is 25.5 Å². The van der Waals surface area contributed by atoms with Gasteiger partial charge in [0.05, 0.1) is 13.2 Å². The van der Waals surface area contributed by atoms with E-state index in [4.69, 9.17) is 19.5 Å². The lowest BCUT2D eigenvalue weighted by atomic mass is 9.80. The molecule has 1 saturated heterocycles. The number of carbonyl (C=O) groups is 1. The number of hydrogen-bond donors (Lipinski definition) is 0. The highest BCUT2D eigenvalue weighted by atomic mass is 19.1. The molecule has 1 aromatic rings. The van der Waals surface area contributed by atoms with Crippen LogP contribution in [0.2, 0.25) is 0 Å². The van der Waals surface area contributed by atoms with Crippen LogP contribution in [0.3, 0.4) is 0 Å². The third-order valence-electron chi connectivity index (χ3n) is 5.84. The molecule has 5 nitrogen and oxygen atoms in total. The number of carbonyl (C=O) groups excluding carboxylic acids is 1. The van der Waals surface area contributed by atoms with Crippen LogP contribution < -0.4 is 4.74 Å². The molecule has 0 aromatic heterocycles. The van der Waals surface area contributed by atoms with Crippen LogP contribution in [0.4, 0.5) is 8.78 Å². The number of hydrogen-bond acceptors (Lipinski definition) is 5. The van der Waals surface area contributed by atoms with Crippen molar-refractivity contribution in [1.29, 1.82) is 5.26 Å². The smallest absolute Gasteiger partial charge is 0.368 e. The third kappa shape index (κ3) is 6.46. The Morgan fingerprint density at radius 3 is 2.39 bits per heavy atom. The quantitative estimate of drug-likeness (QED) is 0.343. The molecule has 0 N–H and O–H groups in total. The summed E-state index contributed by atoms with van der Waals surface area (Å²) >= 11 is 0. The van der Waals surface area contributed by atoms with Crippen LogP contribution in [0.25, 0.3) is 0 Å². The maximum Gasteiger partial charge on any atom is 0.368 e. The Balaban J connectivity index is 1.38. The number of nitriles is 1. The average Bonchev–Trinajstić information content (AvgIpc) is 2.77. The van der Waals surface area contributed by atoms with E-state index in [9.17, 15) is 13.6 Å². The van der Waals surface area contributed by atoms with Gasteiger partial charge in [-0.2, -0.15) is 5.26 Å². The molecule has 1 saturated carbocycles. The Labute approximate surface area is 181 Å². The standard InChI is InChI=1S/C24H27F2NO4/c1-2-16-7-9-17(10-8-16)5-3-4-6-18-14-29-24(30-15-18)23(28)31-19-11-21(25)20(13-27)22(26)12-19/h2,4,6,11-12,16-18,24H,1,3,5,7-10,14-15H2/b6-4+. The van der Waals surface area contributed by atoms with E-state index in [1.165, 1.54) is 38.2 Å². The van der Waals surface area contributed by atoms with E-state index in [2.05, 4.69) is 18.7 Å². The maximum absolute atomic E-state index is 13.6. The van der Waals surface area contributed by atoms with E-state index >= 15 is 0 Å². The summed E-state index contributed by atoms with van der Waals surface area (Å²) in [5.41, 5.74) is -0.732. The van der Waals surface area contributed by atoms with Gasteiger partial charge in [-0.1, -0.05) is 18.2 Å². The zero-order chi connectivity index (χ0) is 22.2. The van der Waals surface area contributed by atoms with Crippen LogP contribution in [0, 0.1) is 40.7 Å². The van der Waals surface area contributed by atoms with Gasteiger partial charge in [0, 0.05) is 18.1 Å². The van der Waals surface area contributed by atoms with Crippen LogP contribution in [-0.2, 0) is 14.3 Å². The number of ether oxygens (including phenoxy) is 3. The van der Waals surface area contributed by atoms with Gasteiger partial charge in [-0.15, -0.1) is 6.58 Å². The molecule has 2 aliphatic rings. The molecular weight excluding hydrogens is 404 g/mol. The van der Waals surface area contributed by atoms with Crippen molar-refractivity contribution >= 4 is 5.97 Å². The molecule has 1 aliphatic heterocycles. The average molecular weight is 431 g/mol. The summed E-state index contributed by atoms with van der Waals surface area (Å²) in [6, 6.07) is 2.96. The molecule has 3 rings (SSSR count). The van der Waals surface area contributed by atoms with Crippen molar-refractivity contribution in [3.63, 3.8) is 0 Å². The Morgan fingerprint density at radius 1 is 1.16 bits per heavy atom. The highest BCUT2D eigenvalue weighted by Crippen LogP contribution is 2.32. The molecule has 1 aliphatic carbocycles. The van der Waals surface area contributed by atoms with E-state index in [0.717, 1.165) is 24.5 Å². The fourth-order valence-electron chi connectivity index (χ4n) is 3.98. The Hall–Kier alpha value is -2.56. The van der Waals surface area contributed by atoms with Crippen molar-refractivity contribution in [2.45, 2.75) is 44.8 Å². The highest BCUT2D eigenvalue weighted by Gasteiger charge is 2.29. The van der Waals surface area contributed by atoms with E-state index in [1.807, 2.05) is 6.08 Å². The highest BCUT2D eigenvalue weighted by molar-refractivity contribution is 5.76. The van der Waals surface area contributed by atoms with Gasteiger partial charge in [-0.3, -0.25) is 0 Å². The summed E-state index contributed by atoms with van der Waals surface area (Å²) in [6.07, 6.45) is 12.2. The summed E-state index contributed by atoms with van der Waals surface area (Å²) in [4.78, 5) is 12.1. The van der Waals surface area contributed by atoms with Gasteiger partial charge in [-0.05, 0) is 50.4 Å². The lowest BCUT2D eigenvalue weighted by Gasteiger charge is -2.27. The molecule has 0 atom stereocenters. The molecule has 166 valence electrons. The number of nitrogens with zero attached hydrogens (tertiary/aromatic N) is 1. The molecular formula is C24H27F2NO4. The van der Waals surface area contributed by atoms with E-state index < -0.39 is 29.5 Å². The summed E-state index contributed by atoms with van der Waals surface area (Å²) < 4.78 is 43.0. The zero-order valence-electron chi connectivity index (χ0n) is 17.4.